The normalized spacial score (nSPS) is 15.1. The summed E-state index contributed by atoms with van der Waals surface area (Å²) in [5.74, 6) is 3.31. The summed E-state index contributed by atoms with van der Waals surface area (Å²) in [7, 11) is 5.26. The maximum Gasteiger partial charge on any atom is 0.311 e. The molecule has 4 aromatic carbocycles. The summed E-state index contributed by atoms with van der Waals surface area (Å²) in [6, 6.07) is 28.3. The lowest BCUT2D eigenvalue weighted by molar-refractivity contribution is 0.821. The van der Waals surface area contributed by atoms with E-state index in [1.165, 1.54) is 67.3 Å². The lowest BCUT2D eigenvalue weighted by atomic mass is 9.04. The van der Waals surface area contributed by atoms with Crippen molar-refractivity contribution in [1.82, 2.24) is 0 Å². The van der Waals surface area contributed by atoms with Gasteiger partial charge in [-0.05, 0) is 91.9 Å². The number of hydrogen-bond acceptors (Lipinski definition) is 4. The van der Waals surface area contributed by atoms with Crippen LogP contribution in [0.2, 0.25) is 0 Å². The van der Waals surface area contributed by atoms with Crippen molar-refractivity contribution in [1.29, 1.82) is 0 Å². The van der Waals surface area contributed by atoms with Crippen molar-refractivity contribution in [3.63, 3.8) is 0 Å². The molecule has 0 aliphatic carbocycles. The summed E-state index contributed by atoms with van der Waals surface area (Å²) in [6.45, 7) is 41.9. The molecule has 2 saturated heterocycles. The first-order valence-electron chi connectivity index (χ1n) is 23.7. The van der Waals surface area contributed by atoms with E-state index in [2.05, 4.69) is 217 Å². The smallest absolute Gasteiger partial charge is 0.311 e. The first-order valence-corrected chi connectivity index (χ1v) is 23.7. The van der Waals surface area contributed by atoms with Gasteiger partial charge in [-0.15, -0.1) is 0 Å². The molecule has 2 heterocycles. The zero-order chi connectivity index (χ0) is 43.7. The molecule has 0 amide bonds. The largest absolute Gasteiger partial charge is 0.401 e. The SMILES string of the molecule is CC(C)c1cccc(C(C)C)c1N1CCN(c2c(C(C)C)cccc2C(C)C)B1[B][B]B1N(c2c(C(C)C)cccc2C(C)C)CCN1c1c(C(C)C)cccc1C(C)C. The Balaban J connectivity index is 1.58. The molecule has 60 heavy (non-hydrogen) atoms. The molecule has 0 aromatic heterocycles. The zero-order valence-electron chi connectivity index (χ0n) is 40.5. The number of anilines is 4. The first-order chi connectivity index (χ1) is 28.5. The lowest BCUT2D eigenvalue weighted by Gasteiger charge is -2.39. The Morgan fingerprint density at radius 1 is 0.300 bits per heavy atom. The van der Waals surface area contributed by atoms with Gasteiger partial charge < -0.3 is 19.2 Å². The van der Waals surface area contributed by atoms with Gasteiger partial charge in [-0.25, -0.2) is 0 Å². The topological polar surface area (TPSA) is 13.0 Å². The summed E-state index contributed by atoms with van der Waals surface area (Å²) in [5.41, 5.74) is 17.4. The Labute approximate surface area is 370 Å². The van der Waals surface area contributed by atoms with Crippen LogP contribution in [0.3, 0.4) is 0 Å². The molecular formula is C52H76B4N4. The minimum atomic E-state index is 0.0407. The Morgan fingerprint density at radius 2 is 0.450 bits per heavy atom. The maximum absolute atomic E-state index is 2.79. The second-order valence-electron chi connectivity index (χ2n) is 20.4. The van der Waals surface area contributed by atoms with Crippen LogP contribution in [0, 0.1) is 0 Å². The van der Waals surface area contributed by atoms with Gasteiger partial charge in [0.2, 0.25) is 0 Å². The highest BCUT2D eigenvalue weighted by Gasteiger charge is 2.46. The molecule has 2 fully saturated rings. The van der Waals surface area contributed by atoms with Crippen molar-refractivity contribution in [3.8, 4) is 0 Å². The van der Waals surface area contributed by atoms with Crippen LogP contribution in [0.1, 0.15) is 203 Å². The fourth-order valence-electron chi connectivity index (χ4n) is 10.3. The van der Waals surface area contributed by atoms with Crippen molar-refractivity contribution >= 4 is 50.6 Å². The predicted molar refractivity (Wildman–Crippen MR) is 271 cm³/mol. The predicted octanol–water partition coefficient (Wildman–Crippen LogP) is 13.3. The molecule has 8 heteroatoms. The van der Waals surface area contributed by atoms with Gasteiger partial charge in [0.05, 0.1) is 14.1 Å². The van der Waals surface area contributed by atoms with E-state index in [0.29, 0.717) is 47.3 Å². The number of benzene rings is 4. The van der Waals surface area contributed by atoms with Gasteiger partial charge in [-0.3, -0.25) is 0 Å². The van der Waals surface area contributed by atoms with E-state index in [-0.39, 0.29) is 13.7 Å². The van der Waals surface area contributed by atoms with Gasteiger partial charge in [-0.1, -0.05) is 184 Å². The maximum atomic E-state index is 2.79. The van der Waals surface area contributed by atoms with Crippen molar-refractivity contribution in [2.24, 2.45) is 0 Å². The Bertz CT molecular complexity index is 1680. The third kappa shape index (κ3) is 8.96. The van der Waals surface area contributed by atoms with Gasteiger partial charge in [0.15, 0.2) is 0 Å². The quantitative estimate of drug-likeness (QED) is 0.111. The highest BCUT2D eigenvalue weighted by Crippen LogP contribution is 2.44. The van der Waals surface area contributed by atoms with E-state index in [1.807, 2.05) is 0 Å². The molecule has 0 unspecified atom stereocenters. The number of rotatable bonds is 15. The summed E-state index contributed by atoms with van der Waals surface area (Å²) in [5, 5.41) is 0. The van der Waals surface area contributed by atoms with Gasteiger partial charge in [-0.2, -0.15) is 0 Å². The van der Waals surface area contributed by atoms with E-state index in [0.717, 1.165) is 26.2 Å². The van der Waals surface area contributed by atoms with Crippen LogP contribution in [0.5, 0.6) is 0 Å². The summed E-state index contributed by atoms with van der Waals surface area (Å²) in [4.78, 5) is 11.1. The second kappa shape index (κ2) is 19.2. The molecule has 6 rings (SSSR count). The molecule has 0 saturated carbocycles. The molecular weight excluding hydrogens is 724 g/mol. The van der Waals surface area contributed by atoms with Crippen molar-refractivity contribution in [2.45, 2.75) is 158 Å². The van der Waals surface area contributed by atoms with Crippen LogP contribution in [0.25, 0.3) is 0 Å². The average Bonchev–Trinajstić information content (AvgIpc) is 3.82. The Kier molecular flexibility index (Phi) is 14.6. The minimum absolute atomic E-state index is 0.0407. The molecule has 4 nitrogen and oxygen atoms in total. The molecule has 316 valence electrons. The van der Waals surface area contributed by atoms with E-state index in [1.54, 1.807) is 0 Å². The van der Waals surface area contributed by atoms with E-state index < -0.39 is 0 Å². The third-order valence-electron chi connectivity index (χ3n) is 13.4. The van der Waals surface area contributed by atoms with Crippen LogP contribution in [0.4, 0.5) is 22.7 Å². The fraction of sp³-hybridized carbons (Fsp3) is 0.538. The van der Waals surface area contributed by atoms with Crippen molar-refractivity contribution < 1.29 is 0 Å². The second-order valence-corrected chi connectivity index (χ2v) is 20.4. The lowest BCUT2D eigenvalue weighted by Crippen LogP contribution is -2.60. The molecule has 0 N–H and O–H groups in total. The Hall–Kier alpha value is -3.66. The van der Waals surface area contributed by atoms with Gasteiger partial charge in [0, 0.05) is 48.9 Å². The summed E-state index contributed by atoms with van der Waals surface area (Å²) < 4.78 is 0. The summed E-state index contributed by atoms with van der Waals surface area (Å²) >= 11 is 0. The van der Waals surface area contributed by atoms with Gasteiger partial charge in [0.25, 0.3) is 0 Å². The van der Waals surface area contributed by atoms with Crippen LogP contribution in [0.15, 0.2) is 72.8 Å². The van der Waals surface area contributed by atoms with Crippen LogP contribution < -0.4 is 19.2 Å². The molecule has 4 aromatic rings. The zero-order valence-corrected chi connectivity index (χ0v) is 40.5. The van der Waals surface area contributed by atoms with Crippen molar-refractivity contribution in [3.05, 3.63) is 117 Å². The van der Waals surface area contributed by atoms with E-state index in [9.17, 15) is 0 Å². The highest BCUT2D eigenvalue weighted by atomic mass is 15.3. The monoisotopic (exact) mass is 801 g/mol. The number of para-hydroxylation sites is 4. The third-order valence-corrected chi connectivity index (χ3v) is 13.4. The number of nitrogens with zero attached hydrogens (tertiary/aromatic N) is 4. The fourth-order valence-corrected chi connectivity index (χ4v) is 10.3. The average molecular weight is 800 g/mol. The van der Waals surface area contributed by atoms with Crippen LogP contribution in [-0.2, 0) is 0 Å². The molecule has 0 bridgehead atoms. The summed E-state index contributed by atoms with van der Waals surface area (Å²) in [6.07, 6.45) is 0. The molecule has 0 atom stereocenters. The van der Waals surface area contributed by atoms with E-state index >= 15 is 0 Å². The Morgan fingerprint density at radius 3 is 0.583 bits per heavy atom. The van der Waals surface area contributed by atoms with Crippen LogP contribution >= 0.6 is 0 Å². The number of hydrogen-bond donors (Lipinski definition) is 0. The standard InChI is InChI=1S/C52H76B4N4/c1-33(2)41-21-17-22-42(34(3)4)49(41)57-29-30-58(50-43(35(5)6)23-18-24-44(50)36(7)8)55(57)53-54-56-59(51-45(37(9)10)25-19-26-46(51)38(11)12)31-32-60(56)52-47(39(13)14)27-20-28-48(52)40(15)16/h17-28,33-40H,29-32H2,1-16H3. The first kappa shape index (κ1) is 45.9. The van der Waals surface area contributed by atoms with Gasteiger partial charge in [0.1, 0.15) is 0 Å². The molecule has 2 radical (unpaired) electrons. The minimum Gasteiger partial charge on any atom is -0.401 e. The highest BCUT2D eigenvalue weighted by molar-refractivity contribution is 7.53. The molecule has 2 aliphatic rings. The van der Waals surface area contributed by atoms with Crippen LogP contribution in [-0.4, -0.2) is 54.0 Å². The van der Waals surface area contributed by atoms with Crippen molar-refractivity contribution in [2.75, 3.05) is 45.4 Å². The van der Waals surface area contributed by atoms with E-state index in [4.69, 9.17) is 0 Å². The molecule has 0 spiro atoms. The van der Waals surface area contributed by atoms with Gasteiger partial charge >= 0.3 is 13.7 Å². The molecule has 2 aliphatic heterocycles.